The highest BCUT2D eigenvalue weighted by Crippen LogP contribution is 2.48. The van der Waals surface area contributed by atoms with Crippen LogP contribution in [0.5, 0.6) is 0 Å². The summed E-state index contributed by atoms with van der Waals surface area (Å²) < 4.78 is 5.05. The minimum absolute atomic E-state index is 0.683. The summed E-state index contributed by atoms with van der Waals surface area (Å²) in [6.07, 6.45) is 7.48. The maximum atomic E-state index is 4.66. The van der Waals surface area contributed by atoms with Crippen LogP contribution in [0.2, 0.25) is 0 Å². The molecule has 0 aliphatic carbocycles. The molecule has 23 aromatic carbocycles. The average Bonchev–Trinajstić information content (AvgIpc) is 1.12. The number of hydrogen-bond acceptors (Lipinski definition) is 0. The fourth-order valence-electron chi connectivity index (χ4n) is 23.9. The zero-order valence-electron chi connectivity index (χ0n) is 80.9. The molecule has 0 spiro atoms. The number of para-hydroxylation sites is 3. The van der Waals surface area contributed by atoms with Crippen molar-refractivity contribution in [3.8, 4) is 89.3 Å². The van der Waals surface area contributed by atoms with Crippen molar-refractivity contribution < 1.29 is 0 Å². The number of rotatable bonds is 25. The quantitative estimate of drug-likeness (QED) is 0.0307. The summed E-state index contributed by atoms with van der Waals surface area (Å²) in [5, 5.41) is 24.1. The molecule has 2 aromatic heterocycles. The van der Waals surface area contributed by atoms with E-state index in [1.54, 1.807) is 0 Å². The minimum Gasteiger partial charge on any atom is -0.309 e. The van der Waals surface area contributed by atoms with Gasteiger partial charge < -0.3 is 9.13 Å². The monoisotopic (exact) mass is 1910 g/mol. The first-order valence-electron chi connectivity index (χ1n) is 50.6. The Balaban J connectivity index is 0.621. The minimum atomic E-state index is -3.47. The second-order valence-corrected chi connectivity index (χ2v) is 49.8. The highest BCUT2D eigenvalue weighted by molar-refractivity contribution is 7.22. The van der Waals surface area contributed by atoms with Crippen LogP contribution in [0.4, 0.5) is 0 Å². The van der Waals surface area contributed by atoms with Crippen LogP contribution in [0.25, 0.3) is 156 Å². The Morgan fingerprint density at radius 3 is 0.815 bits per heavy atom. The molecule has 688 valence electrons. The Hall–Kier alpha value is -17.9. The molecule has 0 fully saturated rings. The van der Waals surface area contributed by atoms with E-state index >= 15 is 0 Å². The maximum Gasteiger partial charge on any atom is 0.179 e. The van der Waals surface area contributed by atoms with Crippen molar-refractivity contribution in [2.24, 2.45) is 0 Å². The summed E-state index contributed by atoms with van der Waals surface area (Å²) in [6.45, 7) is 4.66. The van der Waals surface area contributed by atoms with E-state index in [1.807, 2.05) is 0 Å². The van der Waals surface area contributed by atoms with Gasteiger partial charge in [-0.25, -0.2) is 0 Å². The third kappa shape index (κ3) is 15.8. The summed E-state index contributed by atoms with van der Waals surface area (Å²) >= 11 is 0. The lowest BCUT2D eigenvalue weighted by Gasteiger charge is -2.38. The van der Waals surface area contributed by atoms with Gasteiger partial charge in [-0.05, 0) is 253 Å². The molecule has 5 heteroatoms. The highest BCUT2D eigenvalue weighted by atomic mass is 28.3. The summed E-state index contributed by atoms with van der Waals surface area (Å²) in [7, 11) is -9.71. The van der Waals surface area contributed by atoms with E-state index in [4.69, 9.17) is 0 Å². The predicted octanol–water partition coefficient (Wildman–Crippen LogP) is 27.7. The average molecular weight is 1910 g/mol. The Bertz CT molecular complexity index is 8810. The largest absolute Gasteiger partial charge is 0.309 e. The molecule has 0 atom stereocenters. The Kier molecular flexibility index (Phi) is 23.8. The van der Waals surface area contributed by atoms with Crippen LogP contribution < -0.4 is 62.2 Å². The number of hydrogen-bond donors (Lipinski definition) is 0. The lowest BCUT2D eigenvalue weighted by molar-refractivity contribution is 1.09. The van der Waals surface area contributed by atoms with Crippen LogP contribution in [0.15, 0.2) is 589 Å². The molecule has 0 N–H and O–H groups in total. The first-order chi connectivity index (χ1) is 72.4. The molecule has 0 radical (unpaired) electrons. The fourth-order valence-corrected chi connectivity index (χ4v) is 38.4. The molecule has 0 unspecified atom stereocenters. The topological polar surface area (TPSA) is 9.86 Å². The van der Waals surface area contributed by atoms with Crippen LogP contribution in [0, 0.1) is 0 Å². The van der Waals surface area contributed by atoms with E-state index in [0.717, 1.165) is 72.4 Å². The summed E-state index contributed by atoms with van der Waals surface area (Å²) in [4.78, 5) is 0. The first-order valence-corrected chi connectivity index (χ1v) is 56.6. The van der Waals surface area contributed by atoms with Crippen molar-refractivity contribution in [1.82, 2.24) is 9.13 Å². The van der Waals surface area contributed by atoms with E-state index in [9.17, 15) is 0 Å². The lowest BCUT2D eigenvalue weighted by Crippen LogP contribution is -2.77. The second kappa shape index (κ2) is 38.8. The third-order valence-electron chi connectivity index (χ3n) is 30.3. The SMILES string of the molecule is C=Cc1c(/C=C\Cc2ccc(-c3cc(-c4ccccc4)cc(-c4c5ccccc5c(-c5cc(-c6ccccc6)cc(-c6ccccc6)c5)c5ccccc45)c3)cc2)n(-c2cc(-n3c4ccccc4c4ccccc43)cc([Si](c3ccccc3)(c3ccccc3)c3ccc(-c4cccc([Si](c5ccccc5)(c5ccccc5)c5cccc([Si](c6ccccc6)(c6ccccc6)c6ccccc6)c5)c4)cc3)c2)c2ccccc12. The van der Waals surface area contributed by atoms with E-state index in [1.165, 1.54) is 150 Å². The number of aromatic nitrogens is 2. The standard InChI is InChI=1S/C141H102N2Si3/c1-2-128-129-71-37-40-78-137(129)142(136(128)81-43-46-101-82-84-106(85-83-101)111-91-110(104-51-17-5-18-52-104)94-113(95-111)141-134-76-35-33-74-132(134)140(133-75-34-36-77-135(133)141)112-92-108(102-47-13-3-14-48-102)90-109(93-112)103-49-15-4-16-50-103)114-97-115(143-138-79-41-38-72-130(138)131-73-39-42-80-139(131)143)99-127(98-114)145(119-60-25-9-26-61-119,120-62-27-10-28-63-120)123-88-86-105(87-89-123)107-53-44-68-124(96-107)146(121-64-29-11-30-65-121,122-66-31-12-32-67-122)126-70-45-69-125(100-126)144(116-54-19-6-20-55-116,117-56-21-7-22-57-117)118-58-23-8-24-59-118/h2-45,47-100H,1,46H2/b81-43-. The van der Waals surface area contributed by atoms with Crippen molar-refractivity contribution in [3.05, 3.63) is 606 Å². The van der Waals surface area contributed by atoms with Crippen LogP contribution in [-0.4, -0.2) is 33.4 Å². The second-order valence-electron chi connectivity index (χ2n) is 38.4. The zero-order valence-corrected chi connectivity index (χ0v) is 83.9. The van der Waals surface area contributed by atoms with Gasteiger partial charge in [0.1, 0.15) is 0 Å². The van der Waals surface area contributed by atoms with Crippen molar-refractivity contribution in [1.29, 1.82) is 0 Å². The van der Waals surface area contributed by atoms with Gasteiger partial charge in [0.15, 0.2) is 24.2 Å². The molecule has 0 amide bonds. The van der Waals surface area contributed by atoms with Crippen molar-refractivity contribution in [2.45, 2.75) is 6.42 Å². The van der Waals surface area contributed by atoms with Gasteiger partial charge in [0.2, 0.25) is 0 Å². The fraction of sp³-hybridized carbons (Fsp3) is 0.00709. The van der Waals surface area contributed by atoms with Crippen molar-refractivity contribution >= 4 is 153 Å². The van der Waals surface area contributed by atoms with Crippen molar-refractivity contribution in [2.75, 3.05) is 0 Å². The number of nitrogens with zero attached hydrogens (tertiary/aromatic N) is 2. The van der Waals surface area contributed by atoms with E-state index in [0.29, 0.717) is 6.42 Å². The summed E-state index contributed by atoms with van der Waals surface area (Å²) in [5.41, 5.74) is 25.3. The normalized spacial score (nSPS) is 11.9. The highest BCUT2D eigenvalue weighted by Gasteiger charge is 2.47. The third-order valence-corrected chi connectivity index (χ3v) is 44.6. The van der Waals surface area contributed by atoms with Gasteiger partial charge in [-0.1, -0.05) is 522 Å². The number of allylic oxidation sites excluding steroid dienone is 1. The lowest BCUT2D eigenvalue weighted by atomic mass is 9.83. The predicted molar refractivity (Wildman–Crippen MR) is 631 cm³/mol. The smallest absolute Gasteiger partial charge is 0.179 e. The molecule has 0 aliphatic heterocycles. The Labute approximate surface area is 856 Å². The summed E-state index contributed by atoms with van der Waals surface area (Å²) in [6, 6.07) is 218. The van der Waals surface area contributed by atoms with E-state index in [-0.39, 0.29) is 0 Å². The summed E-state index contributed by atoms with van der Waals surface area (Å²) in [5.74, 6) is 0. The van der Waals surface area contributed by atoms with Crippen molar-refractivity contribution in [3.63, 3.8) is 0 Å². The number of fused-ring (bicyclic) bond motifs is 6. The molecule has 146 heavy (non-hydrogen) atoms. The van der Waals surface area contributed by atoms with Gasteiger partial charge in [-0.3, -0.25) is 0 Å². The van der Waals surface area contributed by atoms with E-state index in [2.05, 4.69) is 610 Å². The van der Waals surface area contributed by atoms with Crippen LogP contribution >= 0.6 is 0 Å². The first kappa shape index (κ1) is 89.4. The molecular formula is C141H102N2Si3. The molecule has 2 nitrogen and oxygen atoms in total. The van der Waals surface area contributed by atoms with Gasteiger partial charge >= 0.3 is 0 Å². The van der Waals surface area contributed by atoms with Gasteiger partial charge in [0, 0.05) is 33.1 Å². The van der Waals surface area contributed by atoms with Crippen LogP contribution in [0.1, 0.15) is 16.8 Å². The molecule has 0 saturated carbocycles. The molecule has 25 aromatic rings. The Morgan fingerprint density at radius 1 is 0.178 bits per heavy atom. The van der Waals surface area contributed by atoms with Gasteiger partial charge in [0.05, 0.1) is 22.2 Å². The molecule has 25 rings (SSSR count). The molecule has 2 heterocycles. The van der Waals surface area contributed by atoms with Gasteiger partial charge in [-0.15, -0.1) is 0 Å². The maximum absolute atomic E-state index is 4.66. The Morgan fingerprint density at radius 2 is 0.438 bits per heavy atom. The zero-order chi connectivity index (χ0) is 97.3. The van der Waals surface area contributed by atoms with Gasteiger partial charge in [0.25, 0.3) is 0 Å². The number of benzene rings is 23. The molecule has 0 aliphatic rings. The molecule has 0 saturated heterocycles. The van der Waals surface area contributed by atoms with Gasteiger partial charge in [-0.2, -0.15) is 0 Å². The van der Waals surface area contributed by atoms with Crippen LogP contribution in [0.3, 0.4) is 0 Å². The molecular weight excluding hydrogens is 1810 g/mol. The molecule has 0 bridgehead atoms. The van der Waals surface area contributed by atoms with Crippen LogP contribution in [-0.2, 0) is 6.42 Å². The van der Waals surface area contributed by atoms with E-state index < -0.39 is 24.2 Å².